The van der Waals surface area contributed by atoms with Gasteiger partial charge in [0.05, 0.1) is 6.10 Å². The molecular weight excluding hydrogens is 917 g/mol. The smallest absolute Gasteiger partial charge is 0.333 e. The maximum atomic E-state index is 14.3. The number of carbonyl (C=O) groups is 5. The quantitative estimate of drug-likeness (QED) is 0.0253. The van der Waals surface area contributed by atoms with Crippen LogP contribution in [0.5, 0.6) is 17.2 Å². The minimum atomic E-state index is -1.21. The summed E-state index contributed by atoms with van der Waals surface area (Å²) < 4.78 is 12.0. The molecule has 3 aromatic rings. The molecule has 0 spiro atoms. The van der Waals surface area contributed by atoms with Crippen LogP contribution in [0.1, 0.15) is 234 Å². The number of allylic oxidation sites excluding steroid dienone is 2. The van der Waals surface area contributed by atoms with Crippen LogP contribution >= 0.6 is 0 Å². The van der Waals surface area contributed by atoms with E-state index in [0.29, 0.717) is 113 Å². The Labute approximate surface area is 436 Å². The fourth-order valence-electron chi connectivity index (χ4n) is 9.61. The van der Waals surface area contributed by atoms with Crippen molar-refractivity contribution in [3.63, 3.8) is 0 Å². The van der Waals surface area contributed by atoms with Crippen molar-refractivity contribution in [3.05, 3.63) is 122 Å². The van der Waals surface area contributed by atoms with Crippen LogP contribution in [-0.4, -0.2) is 63.7 Å². The number of ether oxygens (including phenoxy) is 2. The Morgan fingerprint density at radius 3 is 1.41 bits per heavy atom. The predicted molar refractivity (Wildman–Crippen MR) is 292 cm³/mol. The first-order valence-corrected chi connectivity index (χ1v) is 27.5. The molecular formula is C63H86O10. The van der Waals surface area contributed by atoms with E-state index in [2.05, 4.69) is 40.9 Å². The monoisotopic (exact) mass is 1000 g/mol. The minimum absolute atomic E-state index is 0.000478. The zero-order valence-corrected chi connectivity index (χ0v) is 45.2. The van der Waals surface area contributed by atoms with Gasteiger partial charge in [-0.2, -0.15) is 0 Å². The molecule has 2 atom stereocenters. The van der Waals surface area contributed by atoms with Crippen molar-refractivity contribution >= 4 is 29.1 Å². The van der Waals surface area contributed by atoms with E-state index in [0.717, 1.165) is 77.0 Å². The van der Waals surface area contributed by atoms with E-state index in [1.807, 2.05) is 6.92 Å². The lowest BCUT2D eigenvalue weighted by Crippen LogP contribution is -2.25. The molecule has 0 radical (unpaired) electrons. The molecule has 73 heavy (non-hydrogen) atoms. The Balaban J connectivity index is 2.07. The molecule has 0 amide bonds. The molecule has 0 aliphatic heterocycles. The topological polar surface area (TPSA) is 164 Å². The van der Waals surface area contributed by atoms with E-state index in [4.69, 9.17) is 9.47 Å². The van der Waals surface area contributed by atoms with Gasteiger partial charge in [0.15, 0.2) is 23.1 Å². The number of hydrogen-bond acceptors (Lipinski definition) is 10. The van der Waals surface area contributed by atoms with Gasteiger partial charge < -0.3 is 24.8 Å². The van der Waals surface area contributed by atoms with Crippen LogP contribution in [-0.2, 0) is 40.0 Å². The van der Waals surface area contributed by atoms with Gasteiger partial charge >= 0.3 is 5.97 Å². The molecule has 0 fully saturated rings. The molecule has 4 rings (SSSR count). The van der Waals surface area contributed by atoms with Gasteiger partial charge in [0, 0.05) is 66.4 Å². The second-order valence-corrected chi connectivity index (χ2v) is 20.5. The second kappa shape index (κ2) is 31.2. The van der Waals surface area contributed by atoms with Crippen LogP contribution in [0.4, 0.5) is 0 Å². The number of Topliss-reactive ketones (excluding diaryl/α,β-unsaturated/α-hetero) is 4. The number of phenolic OH excluding ortho intramolecular Hbond substituents is 2. The number of esters is 1. The maximum Gasteiger partial charge on any atom is 0.333 e. The van der Waals surface area contributed by atoms with Gasteiger partial charge in [-0.15, -0.1) is 0 Å². The standard InChI is InChI=1S/C63H86O10/c1-9-13-17-21-25-55(64)43(7)31-48-40-53-37-47(58(67)28-24-20-16-12-4)38-54(62(53)72-29-30-73-63(71)42(5)6)41-52-36-46(57(66)27-23-19-15-11-3)35-51(61(52)70)39-50-34-45(56(65)26-22-18-14-10-2)33-49(60(50)69)32-44(8)59(48)68/h31,33-38,44,59,68-70H,5,7,9-30,32,39-41H2,1-4,6,8H3/b48-31-. The van der Waals surface area contributed by atoms with E-state index in [1.165, 1.54) is 0 Å². The van der Waals surface area contributed by atoms with Crippen LogP contribution in [0.2, 0.25) is 0 Å². The van der Waals surface area contributed by atoms with Crippen LogP contribution in [0, 0.1) is 5.92 Å². The number of aliphatic hydroxyl groups is 1. The molecule has 10 heteroatoms. The van der Waals surface area contributed by atoms with Crippen molar-refractivity contribution in [2.45, 2.75) is 202 Å². The highest BCUT2D eigenvalue weighted by atomic mass is 16.6. The normalized spacial score (nSPS) is 15.2. The molecule has 6 bridgehead atoms. The summed E-state index contributed by atoms with van der Waals surface area (Å²) in [4.78, 5) is 68.6. The molecule has 0 saturated carbocycles. The van der Waals surface area contributed by atoms with Crippen LogP contribution in [0.25, 0.3) is 0 Å². The summed E-state index contributed by atoms with van der Waals surface area (Å²) in [6.45, 7) is 19.5. The highest BCUT2D eigenvalue weighted by molar-refractivity contribution is 5.99. The van der Waals surface area contributed by atoms with Gasteiger partial charge in [-0.25, -0.2) is 4.79 Å². The third-order valence-corrected chi connectivity index (χ3v) is 14.0. The summed E-state index contributed by atoms with van der Waals surface area (Å²) in [5.74, 6) is -1.43. The first kappa shape index (κ1) is 59.9. The van der Waals surface area contributed by atoms with Crippen LogP contribution in [0.15, 0.2) is 72.4 Å². The zero-order valence-electron chi connectivity index (χ0n) is 45.2. The SMILES string of the molecule is C=C(C)C(=O)OCCOc1c2cc(C(=O)CCCCCC)cc1Cc1cc(C(=O)CCCCCC)cc(c1O)Cc1cc(C(=O)CCCCCC)cc(c1O)CC(C)C(O)/C(=C\C(=C)C(=O)CCCCCC)C2. The molecule has 10 nitrogen and oxygen atoms in total. The first-order chi connectivity index (χ1) is 35.0. The minimum Gasteiger partial charge on any atom is -0.507 e. The third-order valence-electron chi connectivity index (χ3n) is 14.0. The van der Waals surface area contributed by atoms with Gasteiger partial charge in [0.1, 0.15) is 30.5 Å². The molecule has 398 valence electrons. The Bertz CT molecular complexity index is 2420. The van der Waals surface area contributed by atoms with Crippen molar-refractivity contribution < 1.29 is 48.8 Å². The summed E-state index contributed by atoms with van der Waals surface area (Å²) in [7, 11) is 0. The summed E-state index contributed by atoms with van der Waals surface area (Å²) in [6.07, 6.45) is 16.2. The number of fused-ring (bicyclic) bond motifs is 6. The number of aromatic hydroxyl groups is 2. The average Bonchev–Trinajstić information content (AvgIpc) is 3.37. The molecule has 2 unspecified atom stereocenters. The lowest BCUT2D eigenvalue weighted by molar-refractivity contribution is -0.139. The Hall–Kier alpha value is -5.61. The molecule has 1 aliphatic carbocycles. The molecule has 3 N–H and O–H groups in total. The summed E-state index contributed by atoms with van der Waals surface area (Å²) in [5.41, 5.74) is 4.70. The molecule has 0 aromatic heterocycles. The Morgan fingerprint density at radius 1 is 0.562 bits per heavy atom. The maximum absolute atomic E-state index is 14.3. The lowest BCUT2D eigenvalue weighted by atomic mass is 9.83. The first-order valence-electron chi connectivity index (χ1n) is 27.5. The largest absolute Gasteiger partial charge is 0.507 e. The van der Waals surface area contributed by atoms with Crippen molar-refractivity contribution in [1.82, 2.24) is 0 Å². The van der Waals surface area contributed by atoms with E-state index >= 15 is 0 Å². The van der Waals surface area contributed by atoms with Gasteiger partial charge in [0.2, 0.25) is 0 Å². The average molecular weight is 1000 g/mol. The lowest BCUT2D eigenvalue weighted by Gasteiger charge is -2.26. The number of benzene rings is 3. The number of unbranched alkanes of at least 4 members (excludes halogenated alkanes) is 12. The van der Waals surface area contributed by atoms with Crippen molar-refractivity contribution in [2.24, 2.45) is 5.92 Å². The van der Waals surface area contributed by atoms with Gasteiger partial charge in [-0.05, 0) is 133 Å². The summed E-state index contributed by atoms with van der Waals surface area (Å²) in [6, 6.07) is 10.3. The van der Waals surface area contributed by atoms with Gasteiger partial charge in [-0.1, -0.05) is 125 Å². The van der Waals surface area contributed by atoms with E-state index < -0.39 is 18.0 Å². The summed E-state index contributed by atoms with van der Waals surface area (Å²) >= 11 is 0. The Morgan fingerprint density at radius 2 is 0.959 bits per heavy atom. The highest BCUT2D eigenvalue weighted by Crippen LogP contribution is 2.39. The van der Waals surface area contributed by atoms with E-state index in [1.54, 1.807) is 49.4 Å². The van der Waals surface area contributed by atoms with Crippen molar-refractivity contribution in [3.8, 4) is 17.2 Å². The van der Waals surface area contributed by atoms with Crippen molar-refractivity contribution in [2.75, 3.05) is 13.2 Å². The molecule has 1 aliphatic rings. The Kier molecular flexibility index (Phi) is 25.6. The number of hydrogen-bond donors (Lipinski definition) is 3. The summed E-state index contributed by atoms with van der Waals surface area (Å²) in [5, 5.41) is 37.2. The fraction of sp³-hybridized carbons (Fsp3) is 0.540. The number of carbonyl (C=O) groups excluding carboxylic acids is 5. The number of ketones is 4. The van der Waals surface area contributed by atoms with Crippen LogP contribution < -0.4 is 4.74 Å². The van der Waals surface area contributed by atoms with E-state index in [-0.39, 0.29) is 84.7 Å². The third kappa shape index (κ3) is 18.7. The highest BCUT2D eigenvalue weighted by Gasteiger charge is 2.28. The fourth-order valence-corrected chi connectivity index (χ4v) is 9.61. The number of aliphatic hydroxyl groups excluding tert-OH is 1. The zero-order chi connectivity index (χ0) is 53.5. The molecule has 3 aromatic carbocycles. The second-order valence-electron chi connectivity index (χ2n) is 20.5. The number of rotatable bonds is 30. The molecule has 0 heterocycles. The van der Waals surface area contributed by atoms with Crippen LogP contribution in [0.3, 0.4) is 0 Å². The van der Waals surface area contributed by atoms with E-state index in [9.17, 15) is 39.3 Å². The molecule has 0 saturated heterocycles. The van der Waals surface area contributed by atoms with Gasteiger partial charge in [0.25, 0.3) is 0 Å². The predicted octanol–water partition coefficient (Wildman–Crippen LogP) is 14.4. The number of phenols is 2. The van der Waals surface area contributed by atoms with Crippen molar-refractivity contribution in [1.29, 1.82) is 0 Å². The van der Waals surface area contributed by atoms with Gasteiger partial charge in [-0.3, -0.25) is 19.2 Å².